The molecule has 3 rings (SSSR count). The smallest absolute Gasteiger partial charge is 0.259 e. The Morgan fingerprint density at radius 3 is 2.63 bits per heavy atom. The van der Waals surface area contributed by atoms with Crippen LogP contribution in [0.2, 0.25) is 0 Å². The van der Waals surface area contributed by atoms with E-state index in [1.165, 1.54) is 5.56 Å². The molecule has 0 atom stereocenters. The van der Waals surface area contributed by atoms with E-state index >= 15 is 0 Å². The molecule has 0 amide bonds. The van der Waals surface area contributed by atoms with Gasteiger partial charge >= 0.3 is 0 Å². The fraction of sp³-hybridized carbons (Fsp3) is 0.125. The molecule has 0 fully saturated rings. The van der Waals surface area contributed by atoms with Crippen molar-refractivity contribution in [3.8, 4) is 11.4 Å². The molecule has 19 heavy (non-hydrogen) atoms. The van der Waals surface area contributed by atoms with Crippen LogP contribution in [0.25, 0.3) is 22.3 Å². The van der Waals surface area contributed by atoms with E-state index < -0.39 is 0 Å². The normalized spacial score (nSPS) is 10.8. The van der Waals surface area contributed by atoms with Crippen molar-refractivity contribution in [2.45, 2.75) is 13.3 Å². The Morgan fingerprint density at radius 2 is 1.79 bits per heavy atom. The molecular formula is C16H14N2O. The quantitative estimate of drug-likeness (QED) is 0.759. The summed E-state index contributed by atoms with van der Waals surface area (Å²) in [4.78, 5) is 19.5. The summed E-state index contributed by atoms with van der Waals surface area (Å²) >= 11 is 0. The Kier molecular flexibility index (Phi) is 2.88. The number of rotatable bonds is 2. The zero-order valence-electron chi connectivity index (χ0n) is 10.7. The Bertz CT molecular complexity index is 790. The molecule has 0 bridgehead atoms. The average molecular weight is 250 g/mol. The van der Waals surface area contributed by atoms with Gasteiger partial charge in [-0.15, -0.1) is 0 Å². The molecule has 2 aromatic carbocycles. The minimum atomic E-state index is -0.0912. The molecule has 0 aliphatic heterocycles. The Labute approximate surface area is 111 Å². The van der Waals surface area contributed by atoms with Crippen LogP contribution in [-0.4, -0.2) is 9.97 Å². The molecule has 0 unspecified atom stereocenters. The molecule has 0 saturated carbocycles. The molecule has 0 radical (unpaired) electrons. The number of fused-ring (bicyclic) bond motifs is 1. The van der Waals surface area contributed by atoms with E-state index in [0.717, 1.165) is 17.5 Å². The van der Waals surface area contributed by atoms with Crippen LogP contribution in [0.4, 0.5) is 0 Å². The summed E-state index contributed by atoms with van der Waals surface area (Å²) in [6, 6.07) is 15.4. The first kappa shape index (κ1) is 11.7. The monoisotopic (exact) mass is 250 g/mol. The van der Waals surface area contributed by atoms with E-state index in [9.17, 15) is 4.79 Å². The van der Waals surface area contributed by atoms with Gasteiger partial charge in [0.1, 0.15) is 5.82 Å². The van der Waals surface area contributed by atoms with E-state index in [2.05, 4.69) is 23.0 Å². The number of hydrogen-bond acceptors (Lipinski definition) is 2. The second-order valence-electron chi connectivity index (χ2n) is 4.44. The van der Waals surface area contributed by atoms with Crippen molar-refractivity contribution in [2.24, 2.45) is 0 Å². The third-order valence-electron chi connectivity index (χ3n) is 3.27. The molecule has 1 aromatic heterocycles. The molecule has 0 spiro atoms. The van der Waals surface area contributed by atoms with Gasteiger partial charge in [-0.05, 0) is 24.1 Å². The topological polar surface area (TPSA) is 45.8 Å². The Balaban J connectivity index is 2.29. The lowest BCUT2D eigenvalue weighted by Crippen LogP contribution is -2.10. The molecular weight excluding hydrogens is 236 g/mol. The van der Waals surface area contributed by atoms with Gasteiger partial charge in [0.05, 0.1) is 10.9 Å². The number of para-hydroxylation sites is 1. The first-order chi connectivity index (χ1) is 9.29. The molecule has 0 saturated heterocycles. The highest BCUT2D eigenvalue weighted by atomic mass is 16.1. The minimum Gasteiger partial charge on any atom is -0.306 e. The van der Waals surface area contributed by atoms with Crippen LogP contribution in [0.5, 0.6) is 0 Å². The van der Waals surface area contributed by atoms with Crippen LogP contribution in [0.1, 0.15) is 12.5 Å². The summed E-state index contributed by atoms with van der Waals surface area (Å²) in [6.07, 6.45) is 0.909. The highest BCUT2D eigenvalue weighted by Gasteiger charge is 2.08. The minimum absolute atomic E-state index is 0.0912. The van der Waals surface area contributed by atoms with Crippen LogP contribution in [0.3, 0.4) is 0 Å². The fourth-order valence-electron chi connectivity index (χ4n) is 2.27. The molecule has 0 aliphatic rings. The van der Waals surface area contributed by atoms with Crippen molar-refractivity contribution in [3.05, 3.63) is 64.4 Å². The van der Waals surface area contributed by atoms with Gasteiger partial charge in [-0.3, -0.25) is 4.79 Å². The van der Waals surface area contributed by atoms with Gasteiger partial charge in [0.2, 0.25) is 0 Å². The van der Waals surface area contributed by atoms with Crippen molar-refractivity contribution >= 4 is 10.9 Å². The van der Waals surface area contributed by atoms with Crippen LogP contribution >= 0.6 is 0 Å². The zero-order chi connectivity index (χ0) is 13.2. The molecule has 1 N–H and O–H groups in total. The van der Waals surface area contributed by atoms with Crippen LogP contribution in [0.15, 0.2) is 53.3 Å². The summed E-state index contributed by atoms with van der Waals surface area (Å²) in [5.41, 5.74) is 2.81. The summed E-state index contributed by atoms with van der Waals surface area (Å²) in [5.74, 6) is 0.640. The lowest BCUT2D eigenvalue weighted by Gasteiger charge is -2.07. The van der Waals surface area contributed by atoms with E-state index in [0.29, 0.717) is 11.2 Å². The molecule has 3 heteroatoms. The number of nitrogens with one attached hydrogen (secondary N) is 1. The number of hydrogen-bond donors (Lipinski definition) is 1. The SMILES string of the molecule is CCc1ccccc1-c1nc2ccccc2c(=O)[nH]1. The fourth-order valence-corrected chi connectivity index (χ4v) is 2.27. The van der Waals surface area contributed by atoms with Gasteiger partial charge in [0.25, 0.3) is 5.56 Å². The Morgan fingerprint density at radius 1 is 1.05 bits per heavy atom. The number of benzene rings is 2. The number of nitrogens with zero attached hydrogens (tertiary/aromatic N) is 1. The number of aromatic nitrogens is 2. The van der Waals surface area contributed by atoms with Gasteiger partial charge in [-0.1, -0.05) is 43.3 Å². The zero-order valence-corrected chi connectivity index (χ0v) is 10.7. The summed E-state index contributed by atoms with van der Waals surface area (Å²) in [5, 5.41) is 0.625. The van der Waals surface area contributed by atoms with Gasteiger partial charge in [-0.25, -0.2) is 4.98 Å². The maximum absolute atomic E-state index is 12.1. The lowest BCUT2D eigenvalue weighted by atomic mass is 10.0. The van der Waals surface area contributed by atoms with Crippen LogP contribution in [-0.2, 0) is 6.42 Å². The molecule has 94 valence electrons. The highest BCUT2D eigenvalue weighted by Crippen LogP contribution is 2.21. The van der Waals surface area contributed by atoms with E-state index in [1.54, 1.807) is 6.07 Å². The van der Waals surface area contributed by atoms with Crippen LogP contribution < -0.4 is 5.56 Å². The maximum Gasteiger partial charge on any atom is 0.259 e. The average Bonchev–Trinajstić information content (AvgIpc) is 2.47. The standard InChI is InChI=1S/C16H14N2O/c1-2-11-7-3-4-8-12(11)15-17-14-10-6-5-9-13(14)16(19)18-15/h3-10H,2H2,1H3,(H,17,18,19). The molecule has 3 nitrogen and oxygen atoms in total. The van der Waals surface area contributed by atoms with Gasteiger partial charge in [0.15, 0.2) is 0 Å². The van der Waals surface area contributed by atoms with Gasteiger partial charge < -0.3 is 4.98 Å². The summed E-state index contributed by atoms with van der Waals surface area (Å²) < 4.78 is 0. The van der Waals surface area contributed by atoms with Crippen molar-refractivity contribution in [1.82, 2.24) is 9.97 Å². The first-order valence-corrected chi connectivity index (χ1v) is 6.37. The lowest BCUT2D eigenvalue weighted by molar-refractivity contribution is 1.11. The molecule has 3 aromatic rings. The van der Waals surface area contributed by atoms with Crippen LogP contribution in [0, 0.1) is 0 Å². The van der Waals surface area contributed by atoms with Crippen molar-refractivity contribution < 1.29 is 0 Å². The molecule has 0 aliphatic carbocycles. The van der Waals surface area contributed by atoms with Crippen molar-refractivity contribution in [1.29, 1.82) is 0 Å². The van der Waals surface area contributed by atoms with Gasteiger partial charge in [-0.2, -0.15) is 0 Å². The molecule has 1 heterocycles. The van der Waals surface area contributed by atoms with E-state index in [1.807, 2.05) is 36.4 Å². The number of aryl methyl sites for hydroxylation is 1. The van der Waals surface area contributed by atoms with Crippen molar-refractivity contribution in [3.63, 3.8) is 0 Å². The van der Waals surface area contributed by atoms with E-state index in [4.69, 9.17) is 0 Å². The summed E-state index contributed by atoms with van der Waals surface area (Å²) in [7, 11) is 0. The largest absolute Gasteiger partial charge is 0.306 e. The van der Waals surface area contributed by atoms with Gasteiger partial charge in [0, 0.05) is 5.56 Å². The van der Waals surface area contributed by atoms with E-state index in [-0.39, 0.29) is 5.56 Å². The second-order valence-corrected chi connectivity index (χ2v) is 4.44. The number of H-pyrrole nitrogens is 1. The number of aromatic amines is 1. The maximum atomic E-state index is 12.1. The Hall–Kier alpha value is -2.42. The summed E-state index contributed by atoms with van der Waals surface area (Å²) in [6.45, 7) is 2.10. The third kappa shape index (κ3) is 2.03. The predicted molar refractivity (Wildman–Crippen MR) is 77.2 cm³/mol. The second kappa shape index (κ2) is 4.69. The van der Waals surface area contributed by atoms with Crippen molar-refractivity contribution in [2.75, 3.05) is 0 Å². The highest BCUT2D eigenvalue weighted by molar-refractivity contribution is 5.79. The first-order valence-electron chi connectivity index (χ1n) is 6.37. The predicted octanol–water partition coefficient (Wildman–Crippen LogP) is 3.15. The third-order valence-corrected chi connectivity index (χ3v) is 3.27.